The second kappa shape index (κ2) is 7.10. The monoisotopic (exact) mass is 348 g/mol. The summed E-state index contributed by atoms with van der Waals surface area (Å²) in [4.78, 5) is 16.1. The molecule has 7 heteroatoms. The summed E-state index contributed by atoms with van der Waals surface area (Å²) in [7, 11) is 0. The first-order valence-corrected chi connectivity index (χ1v) is 8.69. The van der Waals surface area contributed by atoms with E-state index in [0.717, 1.165) is 53.0 Å². The molecule has 23 heavy (non-hydrogen) atoms. The molecule has 0 saturated heterocycles. The minimum absolute atomic E-state index is 0.0960. The lowest BCUT2D eigenvalue weighted by molar-refractivity contribution is 0.0957. The van der Waals surface area contributed by atoms with Crippen LogP contribution < -0.4 is 5.32 Å². The van der Waals surface area contributed by atoms with Crippen LogP contribution in [0.3, 0.4) is 0 Å². The smallest absolute Gasteiger partial charge is 0.264 e. The minimum atomic E-state index is -0.0960. The predicted octanol–water partition coefficient (Wildman–Crippen LogP) is 3.60. The minimum Gasteiger partial charge on any atom is -0.361 e. The molecule has 0 unspecified atom stereocenters. The zero-order valence-electron chi connectivity index (χ0n) is 12.7. The van der Waals surface area contributed by atoms with Gasteiger partial charge in [0.25, 0.3) is 5.91 Å². The second-order valence-corrected chi connectivity index (χ2v) is 6.50. The second-order valence-electron chi connectivity index (χ2n) is 5.31. The first-order chi connectivity index (χ1) is 11.2. The molecule has 0 spiro atoms. The van der Waals surface area contributed by atoms with Crippen molar-refractivity contribution in [3.05, 3.63) is 45.6 Å². The average molecular weight is 349 g/mol. The molecule has 0 aliphatic rings. The van der Waals surface area contributed by atoms with Crippen LogP contribution in [0.4, 0.5) is 0 Å². The average Bonchev–Trinajstić information content (AvgIpc) is 3.15. The molecule has 3 rings (SSSR count). The van der Waals surface area contributed by atoms with Crippen molar-refractivity contribution in [2.45, 2.75) is 26.2 Å². The summed E-state index contributed by atoms with van der Waals surface area (Å²) in [5.41, 5.74) is 2.97. The maximum Gasteiger partial charge on any atom is 0.264 e. The summed E-state index contributed by atoms with van der Waals surface area (Å²) < 4.78 is 3.88. The molecule has 0 saturated carbocycles. The summed E-state index contributed by atoms with van der Waals surface area (Å²) in [6, 6.07) is 5.76. The van der Waals surface area contributed by atoms with Gasteiger partial charge in [-0.15, -0.1) is 5.10 Å². The number of benzene rings is 1. The normalized spacial score (nSPS) is 11.0. The molecule has 2 N–H and O–H groups in total. The van der Waals surface area contributed by atoms with Gasteiger partial charge in [-0.1, -0.05) is 29.4 Å². The van der Waals surface area contributed by atoms with Crippen LogP contribution in [0, 0.1) is 0 Å². The van der Waals surface area contributed by atoms with Crippen LogP contribution in [0.15, 0.2) is 24.4 Å². The summed E-state index contributed by atoms with van der Waals surface area (Å²) in [6.45, 7) is 2.62. The van der Waals surface area contributed by atoms with E-state index in [-0.39, 0.29) is 5.91 Å². The fourth-order valence-corrected chi connectivity index (χ4v) is 3.33. The van der Waals surface area contributed by atoms with Crippen molar-refractivity contribution in [3.8, 4) is 0 Å². The summed E-state index contributed by atoms with van der Waals surface area (Å²) >= 11 is 7.20. The van der Waals surface area contributed by atoms with Gasteiger partial charge in [-0.25, -0.2) is 0 Å². The molecule has 3 aromatic rings. The van der Waals surface area contributed by atoms with Gasteiger partial charge in [0.05, 0.1) is 5.69 Å². The van der Waals surface area contributed by atoms with E-state index in [1.165, 1.54) is 0 Å². The van der Waals surface area contributed by atoms with Crippen molar-refractivity contribution in [1.82, 2.24) is 19.9 Å². The molecular weight excluding hydrogens is 332 g/mol. The zero-order chi connectivity index (χ0) is 16.2. The molecule has 1 amide bonds. The molecule has 1 aromatic carbocycles. The molecule has 0 atom stereocenters. The molecule has 2 aromatic heterocycles. The van der Waals surface area contributed by atoms with Gasteiger partial charge in [-0.2, -0.15) is 0 Å². The van der Waals surface area contributed by atoms with Crippen molar-refractivity contribution < 1.29 is 4.79 Å². The Hall–Kier alpha value is -1.92. The Morgan fingerprint density at radius 1 is 1.39 bits per heavy atom. The highest BCUT2D eigenvalue weighted by molar-refractivity contribution is 7.08. The number of hydrogen-bond donors (Lipinski definition) is 2. The van der Waals surface area contributed by atoms with Crippen molar-refractivity contribution in [2.75, 3.05) is 6.54 Å². The maximum atomic E-state index is 12.2. The van der Waals surface area contributed by atoms with E-state index in [4.69, 9.17) is 11.6 Å². The Morgan fingerprint density at radius 2 is 2.26 bits per heavy atom. The number of nitrogens with one attached hydrogen (secondary N) is 2. The topological polar surface area (TPSA) is 70.7 Å². The highest BCUT2D eigenvalue weighted by Crippen LogP contribution is 2.22. The number of halogens is 1. The molecule has 0 fully saturated rings. The largest absolute Gasteiger partial charge is 0.361 e. The van der Waals surface area contributed by atoms with Gasteiger partial charge in [-0.3, -0.25) is 4.79 Å². The number of amides is 1. The molecular formula is C16H17ClN4OS. The first-order valence-electron chi connectivity index (χ1n) is 7.54. The summed E-state index contributed by atoms with van der Waals surface area (Å²) in [6.07, 6.45) is 4.42. The standard InChI is InChI=1S/C16H17ClN4OS/c1-2-3-14-15(23-21-20-14)16(22)18-7-6-10-9-19-13-5-4-11(17)8-12(10)13/h4-5,8-9,19H,2-3,6-7H2,1H3,(H,18,22). The van der Waals surface area contributed by atoms with E-state index in [1.807, 2.05) is 24.4 Å². The number of aromatic amines is 1. The van der Waals surface area contributed by atoms with Crippen molar-refractivity contribution >= 4 is 39.9 Å². The Balaban J connectivity index is 1.63. The van der Waals surface area contributed by atoms with Crippen LogP contribution >= 0.6 is 23.1 Å². The van der Waals surface area contributed by atoms with E-state index in [9.17, 15) is 4.79 Å². The fourth-order valence-electron chi connectivity index (χ4n) is 2.53. The molecule has 120 valence electrons. The van der Waals surface area contributed by atoms with Crippen molar-refractivity contribution in [2.24, 2.45) is 0 Å². The number of rotatable bonds is 6. The highest BCUT2D eigenvalue weighted by atomic mass is 35.5. The number of fused-ring (bicyclic) bond motifs is 1. The molecule has 0 aliphatic heterocycles. The molecule has 2 heterocycles. The third-order valence-electron chi connectivity index (χ3n) is 3.66. The van der Waals surface area contributed by atoms with Crippen LogP contribution in [0.2, 0.25) is 5.02 Å². The van der Waals surface area contributed by atoms with Crippen molar-refractivity contribution in [1.29, 1.82) is 0 Å². The number of carbonyl (C=O) groups excluding carboxylic acids is 1. The summed E-state index contributed by atoms with van der Waals surface area (Å²) in [5, 5.41) is 8.78. The quantitative estimate of drug-likeness (QED) is 0.715. The van der Waals surface area contributed by atoms with E-state index in [0.29, 0.717) is 16.4 Å². The van der Waals surface area contributed by atoms with Gasteiger partial charge in [0.15, 0.2) is 0 Å². The summed E-state index contributed by atoms with van der Waals surface area (Å²) in [5.74, 6) is -0.0960. The number of aromatic nitrogens is 3. The Kier molecular flexibility index (Phi) is 4.93. The van der Waals surface area contributed by atoms with Gasteiger partial charge in [0, 0.05) is 28.7 Å². The van der Waals surface area contributed by atoms with Crippen LogP contribution in [0.5, 0.6) is 0 Å². The molecule has 0 aliphatic carbocycles. The Morgan fingerprint density at radius 3 is 3.09 bits per heavy atom. The van der Waals surface area contributed by atoms with Gasteiger partial charge in [0.2, 0.25) is 0 Å². The maximum absolute atomic E-state index is 12.2. The number of hydrogen-bond acceptors (Lipinski definition) is 4. The van der Waals surface area contributed by atoms with Crippen LogP contribution in [-0.2, 0) is 12.8 Å². The third-order valence-corrected chi connectivity index (χ3v) is 4.66. The predicted molar refractivity (Wildman–Crippen MR) is 93.2 cm³/mol. The number of carbonyl (C=O) groups is 1. The number of aryl methyl sites for hydroxylation is 1. The zero-order valence-corrected chi connectivity index (χ0v) is 14.3. The molecule has 5 nitrogen and oxygen atoms in total. The first kappa shape index (κ1) is 16.0. The van der Waals surface area contributed by atoms with E-state index < -0.39 is 0 Å². The van der Waals surface area contributed by atoms with E-state index in [2.05, 4.69) is 26.8 Å². The number of nitrogens with zero attached hydrogens (tertiary/aromatic N) is 2. The van der Waals surface area contributed by atoms with Gasteiger partial charge >= 0.3 is 0 Å². The third kappa shape index (κ3) is 3.54. The lowest BCUT2D eigenvalue weighted by Crippen LogP contribution is -2.25. The van der Waals surface area contributed by atoms with Crippen molar-refractivity contribution in [3.63, 3.8) is 0 Å². The van der Waals surface area contributed by atoms with Gasteiger partial charge in [0.1, 0.15) is 4.88 Å². The molecule has 0 radical (unpaired) electrons. The Bertz CT molecular complexity index is 826. The van der Waals surface area contributed by atoms with E-state index >= 15 is 0 Å². The van der Waals surface area contributed by atoms with Crippen LogP contribution in [0.25, 0.3) is 10.9 Å². The van der Waals surface area contributed by atoms with Crippen LogP contribution in [-0.4, -0.2) is 27.0 Å². The SMILES string of the molecule is CCCc1nnsc1C(=O)NCCc1c[nH]c2ccc(Cl)cc12. The lowest BCUT2D eigenvalue weighted by Gasteiger charge is -2.04. The van der Waals surface area contributed by atoms with E-state index in [1.54, 1.807) is 0 Å². The fraction of sp³-hybridized carbons (Fsp3) is 0.312. The molecule has 0 bridgehead atoms. The van der Waals surface area contributed by atoms with Crippen LogP contribution in [0.1, 0.15) is 34.3 Å². The number of H-pyrrole nitrogens is 1. The lowest BCUT2D eigenvalue weighted by atomic mass is 10.1. The van der Waals surface area contributed by atoms with Gasteiger partial charge < -0.3 is 10.3 Å². The Labute approximate surface area is 143 Å². The highest BCUT2D eigenvalue weighted by Gasteiger charge is 2.15. The van der Waals surface area contributed by atoms with Gasteiger partial charge in [-0.05, 0) is 48.1 Å².